The molecule has 0 bridgehead atoms. The number of ketones is 1. The topological polar surface area (TPSA) is 17.1 Å². The van der Waals surface area contributed by atoms with Crippen LogP contribution >= 0.6 is 0 Å². The maximum Gasteiger partial charge on any atom is 0.156 e. The van der Waals surface area contributed by atoms with Crippen molar-refractivity contribution in [1.29, 1.82) is 0 Å². The molecular weight excluding hydrogens is 232 g/mol. The lowest BCUT2D eigenvalue weighted by atomic mass is 9.75. The molecule has 0 aliphatic heterocycles. The molecule has 0 aromatic heterocycles. The number of benzene rings is 1. The van der Waals surface area contributed by atoms with Crippen LogP contribution in [0.5, 0.6) is 0 Å². The molecule has 1 aromatic carbocycles. The molecule has 1 nitrogen and oxygen atoms in total. The Hall–Kier alpha value is -1.37. The normalized spacial score (nSPS) is 18.6. The summed E-state index contributed by atoms with van der Waals surface area (Å²) < 4.78 is 0. The Kier molecular flexibility index (Phi) is 3.93. The highest BCUT2D eigenvalue weighted by Crippen LogP contribution is 2.38. The predicted octanol–water partition coefficient (Wildman–Crippen LogP) is 4.66. The fourth-order valence-corrected chi connectivity index (χ4v) is 2.90. The third-order valence-electron chi connectivity index (χ3n) is 3.60. The van der Waals surface area contributed by atoms with Crippen LogP contribution in [0.3, 0.4) is 0 Å². The van der Waals surface area contributed by atoms with Gasteiger partial charge in [0.15, 0.2) is 5.78 Å². The van der Waals surface area contributed by atoms with E-state index in [1.54, 1.807) is 0 Å². The largest absolute Gasteiger partial charge is 0.295 e. The second kappa shape index (κ2) is 5.32. The Labute approximate surface area is 116 Å². The molecular formula is C18H24O. The first-order chi connectivity index (χ1) is 8.85. The van der Waals surface area contributed by atoms with Crippen LogP contribution in [-0.4, -0.2) is 5.78 Å². The molecule has 2 rings (SSSR count). The van der Waals surface area contributed by atoms with Gasteiger partial charge in [0.1, 0.15) is 0 Å². The minimum atomic E-state index is 0.0925. The molecule has 0 unspecified atom stereocenters. The van der Waals surface area contributed by atoms with Crippen LogP contribution < -0.4 is 0 Å². The molecule has 0 atom stereocenters. The Morgan fingerprint density at radius 2 is 1.95 bits per heavy atom. The van der Waals surface area contributed by atoms with E-state index < -0.39 is 0 Å². The smallest absolute Gasteiger partial charge is 0.156 e. The quantitative estimate of drug-likeness (QED) is 0.769. The molecule has 1 aromatic rings. The van der Waals surface area contributed by atoms with Gasteiger partial charge in [0.2, 0.25) is 0 Å². The summed E-state index contributed by atoms with van der Waals surface area (Å²) in [4.78, 5) is 11.8. The van der Waals surface area contributed by atoms with E-state index in [0.29, 0.717) is 12.3 Å². The van der Waals surface area contributed by atoms with E-state index in [1.807, 2.05) is 6.08 Å². The molecule has 19 heavy (non-hydrogen) atoms. The lowest BCUT2D eigenvalue weighted by molar-refractivity contribution is -0.116. The summed E-state index contributed by atoms with van der Waals surface area (Å²) in [5, 5.41) is 0. The van der Waals surface area contributed by atoms with Crippen molar-refractivity contribution in [2.75, 3.05) is 0 Å². The number of allylic oxidation sites excluding steroid dienone is 2. The lowest BCUT2D eigenvalue weighted by Crippen LogP contribution is -2.21. The fraction of sp³-hybridized carbons (Fsp3) is 0.500. The number of hydrogen-bond donors (Lipinski definition) is 0. The van der Waals surface area contributed by atoms with Gasteiger partial charge in [0.05, 0.1) is 0 Å². The van der Waals surface area contributed by atoms with E-state index >= 15 is 0 Å². The highest BCUT2D eigenvalue weighted by Gasteiger charge is 2.27. The van der Waals surface area contributed by atoms with Crippen LogP contribution in [0.2, 0.25) is 0 Å². The van der Waals surface area contributed by atoms with Crippen molar-refractivity contribution in [2.24, 2.45) is 11.3 Å². The highest BCUT2D eigenvalue weighted by atomic mass is 16.1. The minimum absolute atomic E-state index is 0.0925. The van der Waals surface area contributed by atoms with E-state index in [9.17, 15) is 4.79 Å². The Morgan fingerprint density at radius 1 is 1.21 bits per heavy atom. The third kappa shape index (κ3) is 3.79. The van der Waals surface area contributed by atoms with E-state index in [4.69, 9.17) is 0 Å². The van der Waals surface area contributed by atoms with Gasteiger partial charge in [0, 0.05) is 6.42 Å². The van der Waals surface area contributed by atoms with Gasteiger partial charge in [-0.05, 0) is 47.0 Å². The lowest BCUT2D eigenvalue weighted by Gasteiger charge is -2.29. The van der Waals surface area contributed by atoms with Crippen molar-refractivity contribution >= 4 is 11.4 Å². The van der Waals surface area contributed by atoms with Crippen molar-refractivity contribution in [1.82, 2.24) is 0 Å². The molecule has 0 amide bonds. The van der Waals surface area contributed by atoms with Crippen LogP contribution in [0.15, 0.2) is 30.3 Å². The first-order valence-electron chi connectivity index (χ1n) is 7.18. The van der Waals surface area contributed by atoms with E-state index in [1.165, 1.54) is 16.7 Å². The first kappa shape index (κ1) is 14.0. The molecule has 1 heteroatoms. The van der Waals surface area contributed by atoms with Crippen LogP contribution in [-0.2, 0) is 11.2 Å². The summed E-state index contributed by atoms with van der Waals surface area (Å²) in [5.41, 5.74) is 3.88. The maximum atomic E-state index is 11.8. The summed E-state index contributed by atoms with van der Waals surface area (Å²) in [6, 6.07) is 8.67. The Bertz CT molecular complexity index is 506. The summed E-state index contributed by atoms with van der Waals surface area (Å²) >= 11 is 0. The van der Waals surface area contributed by atoms with Gasteiger partial charge in [-0.25, -0.2) is 0 Å². The molecule has 0 N–H and O–H groups in total. The first-order valence-corrected chi connectivity index (χ1v) is 7.18. The second-order valence-corrected chi connectivity index (χ2v) is 6.95. The molecule has 0 spiro atoms. The van der Waals surface area contributed by atoms with Crippen LogP contribution in [0.25, 0.3) is 5.57 Å². The molecule has 0 fully saturated rings. The molecule has 102 valence electrons. The van der Waals surface area contributed by atoms with Gasteiger partial charge in [-0.3, -0.25) is 4.79 Å². The number of rotatable bonds is 3. The van der Waals surface area contributed by atoms with Gasteiger partial charge in [-0.1, -0.05) is 52.0 Å². The number of carbonyl (C=O) groups is 1. The zero-order valence-corrected chi connectivity index (χ0v) is 12.5. The third-order valence-corrected chi connectivity index (χ3v) is 3.60. The van der Waals surface area contributed by atoms with Crippen molar-refractivity contribution in [2.45, 2.75) is 47.0 Å². The van der Waals surface area contributed by atoms with Crippen LogP contribution in [0.1, 0.15) is 51.7 Å². The zero-order valence-electron chi connectivity index (χ0n) is 12.5. The van der Waals surface area contributed by atoms with Crippen LogP contribution in [0, 0.1) is 11.3 Å². The second-order valence-electron chi connectivity index (χ2n) is 6.95. The van der Waals surface area contributed by atoms with Gasteiger partial charge >= 0.3 is 0 Å². The molecule has 1 aliphatic carbocycles. The Balaban J connectivity index is 2.29. The average molecular weight is 256 g/mol. The van der Waals surface area contributed by atoms with Crippen molar-refractivity contribution in [3.05, 3.63) is 41.5 Å². The van der Waals surface area contributed by atoms with Crippen molar-refractivity contribution in [3.63, 3.8) is 0 Å². The summed E-state index contributed by atoms with van der Waals surface area (Å²) in [5.74, 6) is 0.925. The highest BCUT2D eigenvalue weighted by molar-refractivity contribution is 5.99. The Morgan fingerprint density at radius 3 is 2.58 bits per heavy atom. The van der Waals surface area contributed by atoms with E-state index in [0.717, 1.165) is 12.8 Å². The predicted molar refractivity (Wildman–Crippen MR) is 81.0 cm³/mol. The van der Waals surface area contributed by atoms with Crippen molar-refractivity contribution < 1.29 is 4.79 Å². The van der Waals surface area contributed by atoms with Gasteiger partial charge in [-0.2, -0.15) is 0 Å². The summed E-state index contributed by atoms with van der Waals surface area (Å²) in [6.07, 6.45) is 4.60. The molecule has 0 saturated heterocycles. The van der Waals surface area contributed by atoms with E-state index in [-0.39, 0.29) is 11.2 Å². The summed E-state index contributed by atoms with van der Waals surface area (Å²) in [7, 11) is 0. The SMILES string of the molecule is CC(C)Cc1cccc(C2=CC(=O)CC(C)(C)C2)c1. The van der Waals surface area contributed by atoms with E-state index in [2.05, 4.69) is 52.0 Å². The molecule has 1 aliphatic rings. The number of hydrogen-bond acceptors (Lipinski definition) is 1. The monoisotopic (exact) mass is 256 g/mol. The standard InChI is InChI=1S/C18H24O/c1-13(2)8-14-6-5-7-15(9-14)16-10-17(19)12-18(3,4)11-16/h5-7,9-10,13H,8,11-12H2,1-4H3. The molecule has 0 heterocycles. The zero-order chi connectivity index (χ0) is 14.0. The molecule has 0 saturated carbocycles. The number of carbonyl (C=O) groups excluding carboxylic acids is 1. The summed E-state index contributed by atoms with van der Waals surface area (Å²) in [6.45, 7) is 8.82. The minimum Gasteiger partial charge on any atom is -0.295 e. The fourth-order valence-electron chi connectivity index (χ4n) is 2.90. The van der Waals surface area contributed by atoms with Gasteiger partial charge in [-0.15, -0.1) is 0 Å². The maximum absolute atomic E-state index is 11.8. The van der Waals surface area contributed by atoms with Gasteiger partial charge in [0.25, 0.3) is 0 Å². The van der Waals surface area contributed by atoms with Crippen LogP contribution in [0.4, 0.5) is 0 Å². The average Bonchev–Trinajstić information content (AvgIpc) is 2.25. The molecule has 0 radical (unpaired) electrons. The van der Waals surface area contributed by atoms with Crippen molar-refractivity contribution in [3.8, 4) is 0 Å². The van der Waals surface area contributed by atoms with Gasteiger partial charge < -0.3 is 0 Å².